The van der Waals surface area contributed by atoms with Crippen molar-refractivity contribution in [2.24, 2.45) is 51.8 Å². The molecule has 0 amide bonds. The molecule has 4 saturated carbocycles. The van der Waals surface area contributed by atoms with Gasteiger partial charge >= 0.3 is 26.5 Å². The molecule has 11 heteroatoms. The van der Waals surface area contributed by atoms with Gasteiger partial charge in [-0.25, -0.2) is 0 Å². The summed E-state index contributed by atoms with van der Waals surface area (Å²) in [6, 6.07) is 9.77. The van der Waals surface area contributed by atoms with Crippen molar-refractivity contribution in [2.75, 3.05) is 6.61 Å². The Morgan fingerprint density at radius 3 is 2.29 bits per heavy atom. The van der Waals surface area contributed by atoms with Crippen LogP contribution in [0.25, 0.3) is 0 Å². The van der Waals surface area contributed by atoms with Gasteiger partial charge in [0.15, 0.2) is 12.2 Å². The molecule has 1 aliphatic heterocycles. The van der Waals surface area contributed by atoms with Gasteiger partial charge in [-0.15, -0.1) is 0 Å². The predicted octanol–water partition coefficient (Wildman–Crippen LogP) is 10.1. The minimum absolute atomic E-state index is 0.00586. The summed E-state index contributed by atoms with van der Waals surface area (Å²) < 4.78 is 37.8. The van der Waals surface area contributed by atoms with E-state index >= 15 is 0 Å². The molecule has 1 heterocycles. The van der Waals surface area contributed by atoms with Gasteiger partial charge in [0.1, 0.15) is 24.3 Å². The molecule has 0 N–H and O–H groups in total. The number of ether oxygens (including phenoxy) is 4. The first kappa shape index (κ1) is 43.9. The van der Waals surface area contributed by atoms with Gasteiger partial charge in [-0.05, 0) is 128 Å². The molecule has 5 aliphatic carbocycles. The Hall–Kier alpha value is -2.18. The van der Waals surface area contributed by atoms with Gasteiger partial charge in [0.25, 0.3) is 0 Å². The number of esters is 3. The molecular formula is C47H70O9SSi. The average Bonchev–Trinajstić information content (AvgIpc) is 3.40. The van der Waals surface area contributed by atoms with E-state index in [1.165, 1.54) is 77.5 Å². The zero-order valence-corrected chi connectivity index (χ0v) is 38.6. The van der Waals surface area contributed by atoms with E-state index in [-0.39, 0.29) is 18.1 Å². The fraction of sp³-hybridized carbons (Fsp3) is 0.766. The number of carbonyl (C=O) groups is 3. The second kappa shape index (κ2) is 16.9. The molecule has 0 radical (unpaired) electrons. The number of hydrogen-bond donors (Lipinski definition) is 0. The van der Waals surface area contributed by atoms with E-state index in [1.807, 2.05) is 43.4 Å². The summed E-state index contributed by atoms with van der Waals surface area (Å²) in [4.78, 5) is 38.0. The fourth-order valence-electron chi connectivity index (χ4n) is 13.7. The standard InChI is InChI=1S/C47H70O9SSi/c1-28(2)15-14-23-46(8)40-21-20-37-36-19-18-33-26-34(22-24-45(33,7)38(36)25-29(3)47(37,40)46)55-58(9,10)56-43-42(53-32(6)50)41(52-31(5)49)39(27-51-30(4)48)54-44(43)57-35-16-12-11-13-17-35/h11-13,16-18,28-29,34,36-44H,14-15,19-27H2,1-10H3/t29-,34?,36?,37?,38?,39?,40-,41-,42?,43?,44+,45+,46+,47?/m1/s1. The monoisotopic (exact) mass is 838 g/mol. The van der Waals surface area contributed by atoms with Gasteiger partial charge in [-0.3, -0.25) is 14.4 Å². The number of rotatable bonds is 14. The third-order valence-corrected chi connectivity index (χ3v) is 18.6. The summed E-state index contributed by atoms with van der Waals surface area (Å²) in [5.74, 6) is 3.22. The Morgan fingerprint density at radius 2 is 1.62 bits per heavy atom. The quantitative estimate of drug-likeness (QED) is 0.0778. The summed E-state index contributed by atoms with van der Waals surface area (Å²) in [6.45, 7) is 20.5. The summed E-state index contributed by atoms with van der Waals surface area (Å²) in [5, 5.41) is 0. The second-order valence-electron chi connectivity index (χ2n) is 20.1. The van der Waals surface area contributed by atoms with E-state index in [1.54, 1.807) is 5.57 Å². The van der Waals surface area contributed by atoms with Crippen LogP contribution < -0.4 is 0 Å². The van der Waals surface area contributed by atoms with E-state index in [2.05, 4.69) is 40.7 Å². The van der Waals surface area contributed by atoms with Gasteiger partial charge in [0.2, 0.25) is 0 Å². The molecular weight excluding hydrogens is 769 g/mol. The molecule has 58 heavy (non-hydrogen) atoms. The van der Waals surface area contributed by atoms with Crippen LogP contribution >= 0.6 is 11.8 Å². The van der Waals surface area contributed by atoms with Crippen LogP contribution in [0.4, 0.5) is 0 Å². The number of allylic oxidation sites excluding steroid dienone is 1. The van der Waals surface area contributed by atoms with Crippen LogP contribution in [-0.4, -0.2) is 69.0 Å². The first-order valence-electron chi connectivity index (χ1n) is 22.3. The molecule has 9 nitrogen and oxygen atoms in total. The molecule has 0 aromatic heterocycles. The lowest BCUT2D eigenvalue weighted by Crippen LogP contribution is -2.63. The van der Waals surface area contributed by atoms with Crippen LogP contribution in [0.5, 0.6) is 0 Å². The average molecular weight is 839 g/mol. The second-order valence-corrected chi connectivity index (χ2v) is 24.5. The molecule has 322 valence electrons. The Balaban J connectivity index is 1.08. The molecule has 7 rings (SSSR count). The van der Waals surface area contributed by atoms with Crippen molar-refractivity contribution in [1.29, 1.82) is 0 Å². The zero-order chi connectivity index (χ0) is 41.8. The van der Waals surface area contributed by atoms with Crippen LogP contribution in [0.1, 0.15) is 120 Å². The summed E-state index contributed by atoms with van der Waals surface area (Å²) in [7, 11) is -2.98. The molecule has 6 aliphatic rings. The highest BCUT2D eigenvalue weighted by Crippen LogP contribution is 2.87. The Morgan fingerprint density at radius 1 is 0.914 bits per heavy atom. The first-order valence-corrected chi connectivity index (χ1v) is 26.0. The lowest BCUT2D eigenvalue weighted by atomic mass is 9.47. The maximum Gasteiger partial charge on any atom is 0.332 e. The maximum atomic E-state index is 12.7. The highest BCUT2D eigenvalue weighted by molar-refractivity contribution is 7.99. The first-order chi connectivity index (χ1) is 27.4. The Bertz CT molecular complexity index is 1700. The van der Waals surface area contributed by atoms with Crippen molar-refractivity contribution in [1.82, 2.24) is 0 Å². The normalized spacial score (nSPS) is 40.3. The minimum atomic E-state index is -2.98. The topological polar surface area (TPSA) is 107 Å². The van der Waals surface area contributed by atoms with Gasteiger partial charge in [0, 0.05) is 25.7 Å². The van der Waals surface area contributed by atoms with Crippen molar-refractivity contribution >= 4 is 38.2 Å². The number of hydrogen-bond acceptors (Lipinski definition) is 10. The van der Waals surface area contributed by atoms with Crippen molar-refractivity contribution < 1.29 is 42.2 Å². The van der Waals surface area contributed by atoms with E-state index < -0.39 is 56.3 Å². The summed E-state index contributed by atoms with van der Waals surface area (Å²) >= 11 is 1.43. The predicted molar refractivity (Wildman–Crippen MR) is 227 cm³/mol. The Labute approximate surface area is 353 Å². The molecule has 1 aromatic carbocycles. The van der Waals surface area contributed by atoms with Crippen LogP contribution in [-0.2, 0) is 42.2 Å². The molecule has 5 fully saturated rings. The molecule has 0 bridgehead atoms. The van der Waals surface area contributed by atoms with Crippen molar-refractivity contribution in [2.45, 2.75) is 174 Å². The minimum Gasteiger partial charge on any atom is -0.463 e. The fourth-order valence-corrected chi connectivity index (χ4v) is 16.9. The molecule has 1 saturated heterocycles. The highest BCUT2D eigenvalue weighted by atomic mass is 32.2. The molecule has 14 atom stereocenters. The van der Waals surface area contributed by atoms with Crippen LogP contribution in [0.3, 0.4) is 0 Å². The maximum absolute atomic E-state index is 12.7. The lowest BCUT2D eigenvalue weighted by molar-refractivity contribution is -0.230. The lowest BCUT2D eigenvalue weighted by Gasteiger charge is -2.58. The van der Waals surface area contributed by atoms with Gasteiger partial charge in [0.05, 0.1) is 6.10 Å². The van der Waals surface area contributed by atoms with Crippen LogP contribution in [0, 0.1) is 51.8 Å². The van der Waals surface area contributed by atoms with Crippen molar-refractivity contribution in [3.05, 3.63) is 42.0 Å². The SMILES string of the molecule is CC(=O)OCC1O[C@@H](Sc2ccccc2)C(O[Si](C)(C)OC2CC[C@@]3(C)C(=CCC4C5CC[C@H]6C5([C@H](C)CC43)[C@@]6(C)CCCC(C)C)C2)C(OC(C)=O)[C@@H]1OC(C)=O. The molecule has 1 aromatic rings. The number of benzene rings is 1. The largest absolute Gasteiger partial charge is 0.463 e. The van der Waals surface area contributed by atoms with Gasteiger partial charge in [-0.2, -0.15) is 0 Å². The van der Waals surface area contributed by atoms with Gasteiger partial charge in [-0.1, -0.05) is 89.1 Å². The molecule has 8 unspecified atom stereocenters. The third kappa shape index (κ3) is 8.26. The number of carbonyl (C=O) groups excluding carboxylic acids is 3. The van der Waals surface area contributed by atoms with E-state index in [4.69, 9.17) is 27.8 Å². The van der Waals surface area contributed by atoms with Crippen molar-refractivity contribution in [3.63, 3.8) is 0 Å². The van der Waals surface area contributed by atoms with Crippen LogP contribution in [0.2, 0.25) is 13.1 Å². The third-order valence-electron chi connectivity index (χ3n) is 15.7. The van der Waals surface area contributed by atoms with Gasteiger partial charge < -0.3 is 27.8 Å². The molecule has 1 spiro atoms. The zero-order valence-electron chi connectivity index (χ0n) is 36.8. The van der Waals surface area contributed by atoms with E-state index in [9.17, 15) is 14.4 Å². The van der Waals surface area contributed by atoms with E-state index in [0.717, 1.165) is 59.7 Å². The van der Waals surface area contributed by atoms with Crippen LogP contribution in [0.15, 0.2) is 46.9 Å². The number of thioether (sulfide) groups is 1. The van der Waals surface area contributed by atoms with Crippen molar-refractivity contribution in [3.8, 4) is 0 Å². The Kier molecular flexibility index (Phi) is 12.8. The highest BCUT2D eigenvalue weighted by Gasteiger charge is 2.81. The summed E-state index contributed by atoms with van der Waals surface area (Å²) in [5.41, 5.74) is 2.15. The van der Waals surface area contributed by atoms with E-state index in [0.29, 0.717) is 10.8 Å². The smallest absolute Gasteiger partial charge is 0.332 e. The summed E-state index contributed by atoms with van der Waals surface area (Å²) in [6.07, 6.45) is 11.3. The number of fused-ring (bicyclic) bond motifs is 4.